The number of alkyl halides is 3. The first-order chi connectivity index (χ1) is 13.0. The first-order valence-electron chi connectivity index (χ1n) is 8.67. The number of benzene rings is 1. The summed E-state index contributed by atoms with van der Waals surface area (Å²) in [6, 6.07) is 5.15. The summed E-state index contributed by atoms with van der Waals surface area (Å²) in [5.74, 6) is -1.48. The van der Waals surface area contributed by atoms with E-state index in [1.807, 2.05) is 0 Å². The lowest BCUT2D eigenvalue weighted by Crippen LogP contribution is -2.34. The van der Waals surface area contributed by atoms with E-state index in [0.717, 1.165) is 10.1 Å². The van der Waals surface area contributed by atoms with E-state index in [0.29, 0.717) is 6.07 Å². The molecule has 0 saturated carbocycles. The normalized spacial score (nSPS) is 19.1. The summed E-state index contributed by atoms with van der Waals surface area (Å²) >= 11 is 0. The molecule has 6 nitrogen and oxygen atoms in total. The maximum absolute atomic E-state index is 13.4. The van der Waals surface area contributed by atoms with Crippen molar-refractivity contribution in [2.45, 2.75) is 26.1 Å². The standard InChI is InChI=1S/C18H19F3N2O4S/c1-11-2-3-14-13(8-11)15(24)9-16(18(19,20)21)23(14)6-5-22-17(25)12-4-7-28(26,27)10-12/h2-3,8-9,12H,4-7,10H2,1H3,(H,22,25). The highest BCUT2D eigenvalue weighted by Gasteiger charge is 2.35. The Morgan fingerprint density at radius 3 is 2.61 bits per heavy atom. The van der Waals surface area contributed by atoms with E-state index in [9.17, 15) is 31.2 Å². The van der Waals surface area contributed by atoms with Crippen molar-refractivity contribution in [3.05, 3.63) is 45.7 Å². The van der Waals surface area contributed by atoms with Crippen LogP contribution in [0.2, 0.25) is 0 Å². The SMILES string of the molecule is Cc1ccc2c(c1)c(=O)cc(C(F)(F)F)n2CCNC(=O)C1CCS(=O)(=O)C1. The van der Waals surface area contributed by atoms with Gasteiger partial charge in [0.25, 0.3) is 0 Å². The fourth-order valence-electron chi connectivity index (χ4n) is 3.41. The third-order valence-corrected chi connectivity index (χ3v) is 6.56. The third-order valence-electron chi connectivity index (χ3n) is 4.80. The predicted molar refractivity (Wildman–Crippen MR) is 97.7 cm³/mol. The number of nitrogens with zero attached hydrogens (tertiary/aromatic N) is 1. The molecule has 1 atom stereocenters. The van der Waals surface area contributed by atoms with Crippen LogP contribution in [0, 0.1) is 12.8 Å². The average molecular weight is 416 g/mol. The van der Waals surface area contributed by atoms with Crippen molar-refractivity contribution in [3.63, 3.8) is 0 Å². The lowest BCUT2D eigenvalue weighted by Gasteiger charge is -2.19. The van der Waals surface area contributed by atoms with Gasteiger partial charge in [-0.3, -0.25) is 9.59 Å². The summed E-state index contributed by atoms with van der Waals surface area (Å²) in [5.41, 5.74) is -0.941. The van der Waals surface area contributed by atoms with E-state index >= 15 is 0 Å². The second kappa shape index (κ2) is 7.23. The largest absolute Gasteiger partial charge is 0.431 e. The van der Waals surface area contributed by atoms with Gasteiger partial charge >= 0.3 is 6.18 Å². The monoisotopic (exact) mass is 416 g/mol. The van der Waals surface area contributed by atoms with Crippen LogP contribution >= 0.6 is 0 Å². The van der Waals surface area contributed by atoms with Crippen molar-refractivity contribution in [3.8, 4) is 0 Å². The minimum Gasteiger partial charge on any atom is -0.354 e. The molecule has 1 unspecified atom stereocenters. The van der Waals surface area contributed by atoms with E-state index in [1.54, 1.807) is 13.0 Å². The number of pyridine rings is 1. The van der Waals surface area contributed by atoms with Crippen molar-refractivity contribution in [2.24, 2.45) is 5.92 Å². The number of aromatic nitrogens is 1. The minimum atomic E-state index is -4.73. The van der Waals surface area contributed by atoms with Gasteiger partial charge in [-0.05, 0) is 25.5 Å². The van der Waals surface area contributed by atoms with Gasteiger partial charge in [-0.25, -0.2) is 8.42 Å². The molecule has 0 radical (unpaired) electrons. The molecule has 0 bridgehead atoms. The Labute approximate surface area is 159 Å². The molecular formula is C18H19F3N2O4S. The molecule has 2 aromatic rings. The molecule has 1 N–H and O–H groups in total. The van der Waals surface area contributed by atoms with E-state index < -0.39 is 39.0 Å². The van der Waals surface area contributed by atoms with Crippen LogP contribution in [0.4, 0.5) is 13.2 Å². The average Bonchev–Trinajstić information content (AvgIpc) is 2.96. The maximum atomic E-state index is 13.4. The Balaban J connectivity index is 1.86. The fourth-order valence-corrected chi connectivity index (χ4v) is 5.15. The van der Waals surface area contributed by atoms with Crippen LogP contribution in [-0.4, -0.2) is 36.9 Å². The van der Waals surface area contributed by atoms with Crippen molar-refractivity contribution in [1.29, 1.82) is 0 Å². The van der Waals surface area contributed by atoms with E-state index in [4.69, 9.17) is 0 Å². The first-order valence-corrected chi connectivity index (χ1v) is 10.5. The number of aryl methyl sites for hydroxylation is 1. The van der Waals surface area contributed by atoms with Crippen LogP contribution in [0.1, 0.15) is 17.7 Å². The zero-order chi connectivity index (χ0) is 20.7. The maximum Gasteiger partial charge on any atom is 0.431 e. The summed E-state index contributed by atoms with van der Waals surface area (Å²) in [7, 11) is -3.23. The molecule has 28 heavy (non-hydrogen) atoms. The van der Waals surface area contributed by atoms with Crippen LogP contribution in [0.25, 0.3) is 10.9 Å². The smallest absolute Gasteiger partial charge is 0.354 e. The minimum absolute atomic E-state index is 0.0625. The van der Waals surface area contributed by atoms with Crippen molar-refractivity contribution < 1.29 is 26.4 Å². The summed E-state index contributed by atoms with van der Waals surface area (Å²) in [6.45, 7) is 1.40. The number of amides is 1. The number of carbonyl (C=O) groups excluding carboxylic acids is 1. The summed E-state index contributed by atoms with van der Waals surface area (Å²) < 4.78 is 64.2. The van der Waals surface area contributed by atoms with Crippen LogP contribution in [0.3, 0.4) is 0 Å². The molecule has 1 aliphatic heterocycles. The molecule has 1 aromatic heterocycles. The molecule has 3 rings (SSSR count). The van der Waals surface area contributed by atoms with E-state index in [1.165, 1.54) is 12.1 Å². The van der Waals surface area contributed by atoms with Gasteiger partial charge in [-0.15, -0.1) is 0 Å². The molecule has 152 valence electrons. The first kappa shape index (κ1) is 20.4. The molecule has 0 spiro atoms. The number of carbonyl (C=O) groups is 1. The van der Waals surface area contributed by atoms with Gasteiger partial charge in [0.15, 0.2) is 15.3 Å². The Bertz CT molecular complexity index is 1090. The van der Waals surface area contributed by atoms with Gasteiger partial charge in [0.2, 0.25) is 5.91 Å². The van der Waals surface area contributed by atoms with Gasteiger partial charge in [-0.2, -0.15) is 13.2 Å². The molecule has 1 aromatic carbocycles. The quantitative estimate of drug-likeness (QED) is 0.825. The molecule has 1 aliphatic rings. The van der Waals surface area contributed by atoms with E-state index in [2.05, 4.69) is 5.32 Å². The molecule has 1 saturated heterocycles. The Morgan fingerprint density at radius 2 is 2.00 bits per heavy atom. The summed E-state index contributed by atoms with van der Waals surface area (Å²) in [4.78, 5) is 24.2. The zero-order valence-electron chi connectivity index (χ0n) is 15.0. The highest BCUT2D eigenvalue weighted by atomic mass is 32.2. The van der Waals surface area contributed by atoms with Crippen LogP contribution < -0.4 is 10.7 Å². The van der Waals surface area contributed by atoms with Gasteiger partial charge in [0, 0.05) is 24.5 Å². The number of sulfone groups is 1. The van der Waals surface area contributed by atoms with Crippen molar-refractivity contribution in [2.75, 3.05) is 18.1 Å². The highest BCUT2D eigenvalue weighted by molar-refractivity contribution is 7.91. The van der Waals surface area contributed by atoms with Gasteiger partial charge in [0.05, 0.1) is 22.9 Å². The van der Waals surface area contributed by atoms with Gasteiger partial charge < -0.3 is 9.88 Å². The molecule has 1 fully saturated rings. The van der Waals surface area contributed by atoms with E-state index in [-0.39, 0.29) is 41.9 Å². The van der Waals surface area contributed by atoms with Crippen LogP contribution in [0.5, 0.6) is 0 Å². The molecule has 2 heterocycles. The number of rotatable bonds is 4. The zero-order valence-corrected chi connectivity index (χ0v) is 15.9. The van der Waals surface area contributed by atoms with Gasteiger partial charge in [0.1, 0.15) is 5.69 Å². The summed E-state index contributed by atoms with van der Waals surface area (Å²) in [5, 5.41) is 2.68. The Hall–Kier alpha value is -2.36. The Morgan fingerprint density at radius 1 is 1.29 bits per heavy atom. The highest BCUT2D eigenvalue weighted by Crippen LogP contribution is 2.30. The number of hydrogen-bond acceptors (Lipinski definition) is 4. The fraction of sp³-hybridized carbons (Fsp3) is 0.444. The number of nitrogens with one attached hydrogen (secondary N) is 1. The van der Waals surface area contributed by atoms with Crippen LogP contribution in [0.15, 0.2) is 29.1 Å². The second-order valence-corrected chi connectivity index (χ2v) is 9.18. The lowest BCUT2D eigenvalue weighted by atomic mass is 10.1. The Kier molecular flexibility index (Phi) is 5.26. The molecular weight excluding hydrogens is 397 g/mol. The third kappa shape index (κ3) is 4.21. The number of halogens is 3. The van der Waals surface area contributed by atoms with Gasteiger partial charge in [-0.1, -0.05) is 11.6 Å². The molecule has 1 amide bonds. The van der Waals surface area contributed by atoms with Crippen molar-refractivity contribution >= 4 is 26.6 Å². The van der Waals surface area contributed by atoms with Crippen LogP contribution in [-0.2, 0) is 27.4 Å². The topological polar surface area (TPSA) is 85.2 Å². The van der Waals surface area contributed by atoms with Crippen molar-refractivity contribution in [1.82, 2.24) is 9.88 Å². The number of fused-ring (bicyclic) bond motifs is 1. The number of hydrogen-bond donors (Lipinski definition) is 1. The molecule has 0 aliphatic carbocycles. The lowest BCUT2D eigenvalue weighted by molar-refractivity contribution is -0.143. The molecule has 10 heteroatoms. The second-order valence-electron chi connectivity index (χ2n) is 6.95. The predicted octanol–water partition coefficient (Wildman–Crippen LogP) is 1.88. The summed E-state index contributed by atoms with van der Waals surface area (Å²) in [6.07, 6.45) is -4.52.